The summed E-state index contributed by atoms with van der Waals surface area (Å²) in [6.45, 7) is 5.47. The number of nitrogens with two attached hydrogens (primary N) is 1. The van der Waals surface area contributed by atoms with Crippen LogP contribution in [-0.2, 0) is 21.9 Å². The number of aliphatic hydroxyl groups is 1. The highest BCUT2D eigenvalue weighted by molar-refractivity contribution is 7.91. The largest absolute Gasteiger partial charge is 0.507 e. The highest BCUT2D eigenvalue weighted by Crippen LogP contribution is 2.40. The molecule has 0 heterocycles. The molecule has 0 aliphatic carbocycles. The number of carbonyl (C=O) groups excluding carboxylic acids is 1. The van der Waals surface area contributed by atoms with E-state index in [0.717, 1.165) is 17.0 Å². The highest BCUT2D eigenvalue weighted by Gasteiger charge is 2.43. The number of benzene rings is 3. The Hall–Kier alpha value is -3.89. The summed E-state index contributed by atoms with van der Waals surface area (Å²) in [5.74, 6) is -1.37. The normalized spacial score (nSPS) is 13.5. The predicted molar refractivity (Wildman–Crippen MR) is 142 cm³/mol. The third kappa shape index (κ3) is 5.98. The van der Waals surface area contributed by atoms with Crippen molar-refractivity contribution in [3.05, 3.63) is 89.5 Å². The van der Waals surface area contributed by atoms with Crippen molar-refractivity contribution in [2.75, 3.05) is 13.1 Å². The van der Waals surface area contributed by atoms with Crippen molar-refractivity contribution in [3.63, 3.8) is 0 Å². The molecule has 5 N–H and O–H groups in total. The lowest BCUT2D eigenvalue weighted by molar-refractivity contribution is -0.0825. The number of phenols is 1. The summed E-state index contributed by atoms with van der Waals surface area (Å²) in [5.41, 5.74) is 4.09. The molecule has 3 aromatic rings. The summed E-state index contributed by atoms with van der Waals surface area (Å²) < 4.78 is 26.0. The van der Waals surface area contributed by atoms with Crippen LogP contribution in [0.5, 0.6) is 5.75 Å². The molecule has 0 spiro atoms. The molecule has 2 amide bonds. The van der Waals surface area contributed by atoms with Crippen LogP contribution in [0.15, 0.2) is 82.6 Å². The number of primary amides is 1. The van der Waals surface area contributed by atoms with Crippen molar-refractivity contribution >= 4 is 21.8 Å². The molecule has 0 bridgehead atoms. The number of carbonyl (C=O) groups is 2. The Balaban J connectivity index is 1.79. The summed E-state index contributed by atoms with van der Waals surface area (Å²) in [6, 6.07) is 18.2. The zero-order valence-electron chi connectivity index (χ0n) is 21.5. The maximum Gasteiger partial charge on any atom is 0.407 e. The van der Waals surface area contributed by atoms with E-state index >= 15 is 0 Å². The summed E-state index contributed by atoms with van der Waals surface area (Å²) in [6.07, 6.45) is -0.896. The van der Waals surface area contributed by atoms with Gasteiger partial charge in [-0.2, -0.15) is 0 Å². The van der Waals surface area contributed by atoms with Crippen LogP contribution in [0.25, 0.3) is 0 Å². The van der Waals surface area contributed by atoms with Gasteiger partial charge >= 0.3 is 6.09 Å². The van der Waals surface area contributed by atoms with Crippen LogP contribution < -0.4 is 5.73 Å². The third-order valence-corrected chi connectivity index (χ3v) is 8.40. The molecule has 38 heavy (non-hydrogen) atoms. The molecule has 0 fully saturated rings. The smallest absolute Gasteiger partial charge is 0.407 e. The van der Waals surface area contributed by atoms with Crippen LogP contribution in [0.4, 0.5) is 4.79 Å². The second-order valence-corrected chi connectivity index (χ2v) is 12.1. The van der Waals surface area contributed by atoms with Crippen molar-refractivity contribution in [2.45, 2.75) is 42.6 Å². The van der Waals surface area contributed by atoms with E-state index in [-0.39, 0.29) is 34.9 Å². The molecule has 0 saturated carbocycles. The summed E-state index contributed by atoms with van der Waals surface area (Å²) >= 11 is 0. The maximum atomic E-state index is 13.0. The third-order valence-electron chi connectivity index (χ3n) is 6.63. The molecule has 0 aliphatic heterocycles. The number of aromatic hydroxyl groups is 1. The standard InChI is InChI=1S/C28H32N2O7S/c1-27(2,3)28(35,20-7-5-4-6-8-20)18-30(26(33)34)16-15-19-9-11-21(12-10-19)38(36,37)22-13-14-24(31)23(17-22)25(29)32/h4-14,17,31,35H,15-16,18H2,1-3H3,(H2,29,32)(H,33,34)/t28-/m0/s1. The van der Waals surface area contributed by atoms with Crippen molar-refractivity contribution in [1.82, 2.24) is 4.90 Å². The first-order chi connectivity index (χ1) is 17.7. The molecule has 202 valence electrons. The summed E-state index contributed by atoms with van der Waals surface area (Å²) in [4.78, 5) is 24.5. The topological polar surface area (TPSA) is 158 Å². The van der Waals surface area contributed by atoms with Crippen molar-refractivity contribution in [2.24, 2.45) is 11.1 Å². The van der Waals surface area contributed by atoms with Crippen LogP contribution in [0.3, 0.4) is 0 Å². The lowest BCUT2D eigenvalue weighted by Gasteiger charge is -2.43. The molecular formula is C28H32N2O7S. The van der Waals surface area contributed by atoms with Gasteiger partial charge in [0, 0.05) is 6.54 Å². The van der Waals surface area contributed by atoms with Gasteiger partial charge in [-0.05, 0) is 53.3 Å². The monoisotopic (exact) mass is 540 g/mol. The number of nitrogens with zero attached hydrogens (tertiary/aromatic N) is 1. The zero-order valence-corrected chi connectivity index (χ0v) is 22.3. The average Bonchev–Trinajstić information content (AvgIpc) is 2.86. The fraction of sp³-hybridized carbons (Fsp3) is 0.286. The Morgan fingerprint density at radius 2 is 1.50 bits per heavy atom. The van der Waals surface area contributed by atoms with E-state index in [4.69, 9.17) is 5.73 Å². The molecule has 0 aromatic heterocycles. The van der Waals surface area contributed by atoms with Gasteiger partial charge in [0.2, 0.25) is 9.84 Å². The van der Waals surface area contributed by atoms with Crippen molar-refractivity contribution < 1.29 is 33.3 Å². The molecule has 10 heteroatoms. The van der Waals surface area contributed by atoms with Gasteiger partial charge in [0.15, 0.2) is 0 Å². The minimum atomic E-state index is -4.00. The fourth-order valence-electron chi connectivity index (χ4n) is 4.11. The molecule has 0 saturated heterocycles. The van der Waals surface area contributed by atoms with E-state index in [1.54, 1.807) is 36.4 Å². The SMILES string of the molecule is CC(C)(C)[C@](O)(CN(CCc1ccc(S(=O)(=O)c2ccc(O)c(C(N)=O)c2)cc1)C(=O)O)c1ccccc1. The van der Waals surface area contributed by atoms with Crippen LogP contribution in [0, 0.1) is 5.41 Å². The summed E-state index contributed by atoms with van der Waals surface area (Å²) in [7, 11) is -4.00. The van der Waals surface area contributed by atoms with Gasteiger partial charge in [0.05, 0.1) is 21.9 Å². The van der Waals surface area contributed by atoms with Crippen LogP contribution in [0.2, 0.25) is 0 Å². The number of sulfone groups is 1. The van der Waals surface area contributed by atoms with Gasteiger partial charge in [0.1, 0.15) is 11.4 Å². The molecule has 0 radical (unpaired) electrons. The van der Waals surface area contributed by atoms with Crippen molar-refractivity contribution in [3.8, 4) is 5.75 Å². The van der Waals surface area contributed by atoms with Gasteiger partial charge in [-0.3, -0.25) is 4.79 Å². The molecule has 3 aromatic carbocycles. The van der Waals surface area contributed by atoms with Gasteiger partial charge in [-0.25, -0.2) is 13.2 Å². The first-order valence-electron chi connectivity index (χ1n) is 11.9. The molecule has 1 atom stereocenters. The maximum absolute atomic E-state index is 13.0. The van der Waals surface area contributed by atoms with E-state index in [1.165, 1.54) is 18.2 Å². The zero-order chi connectivity index (χ0) is 28.3. The summed E-state index contributed by atoms with van der Waals surface area (Å²) in [5, 5.41) is 31.2. The first-order valence-corrected chi connectivity index (χ1v) is 13.4. The second kappa shape index (κ2) is 10.8. The van der Waals surface area contributed by atoms with Gasteiger partial charge in [-0.1, -0.05) is 63.2 Å². The molecule has 9 nitrogen and oxygen atoms in total. The van der Waals surface area contributed by atoms with Crippen LogP contribution in [-0.4, -0.2) is 53.7 Å². The lowest BCUT2D eigenvalue weighted by Crippen LogP contribution is -2.51. The Labute approximate surface area is 222 Å². The molecular weight excluding hydrogens is 508 g/mol. The van der Waals surface area contributed by atoms with Gasteiger partial charge in [0.25, 0.3) is 5.91 Å². The lowest BCUT2D eigenvalue weighted by atomic mass is 9.72. The number of hydrogen-bond acceptors (Lipinski definition) is 6. The van der Waals surface area contributed by atoms with E-state index < -0.39 is 38.6 Å². The van der Waals surface area contributed by atoms with E-state index in [1.807, 2.05) is 26.8 Å². The minimum Gasteiger partial charge on any atom is -0.507 e. The quantitative estimate of drug-likeness (QED) is 0.321. The highest BCUT2D eigenvalue weighted by atomic mass is 32.2. The number of carboxylic acid groups (broad SMARTS) is 1. The fourth-order valence-corrected chi connectivity index (χ4v) is 5.40. The van der Waals surface area contributed by atoms with E-state index in [9.17, 15) is 33.3 Å². The molecule has 0 aliphatic rings. The number of hydrogen-bond donors (Lipinski definition) is 4. The van der Waals surface area contributed by atoms with E-state index in [2.05, 4.69) is 0 Å². The van der Waals surface area contributed by atoms with Crippen LogP contribution in [0.1, 0.15) is 42.3 Å². The second-order valence-electron chi connectivity index (χ2n) is 10.1. The van der Waals surface area contributed by atoms with Crippen molar-refractivity contribution in [1.29, 1.82) is 0 Å². The first kappa shape index (κ1) is 28.7. The molecule has 0 unspecified atom stereocenters. The Morgan fingerprint density at radius 3 is 2.03 bits per heavy atom. The number of rotatable bonds is 9. The van der Waals surface area contributed by atoms with Gasteiger partial charge < -0.3 is 26.0 Å². The van der Waals surface area contributed by atoms with Crippen LogP contribution >= 0.6 is 0 Å². The molecule has 3 rings (SSSR count). The predicted octanol–water partition coefficient (Wildman–Crippen LogP) is 3.78. The number of amides is 2. The average molecular weight is 541 g/mol. The van der Waals surface area contributed by atoms with E-state index in [0.29, 0.717) is 11.1 Å². The minimum absolute atomic E-state index is 0.0383. The Morgan fingerprint density at radius 1 is 0.921 bits per heavy atom. The Kier molecular flexibility index (Phi) is 8.18. The Bertz CT molecular complexity index is 1420. The van der Waals surface area contributed by atoms with Gasteiger partial charge in [-0.15, -0.1) is 0 Å².